The van der Waals surface area contributed by atoms with Crippen molar-refractivity contribution < 1.29 is 9.53 Å². The quantitative estimate of drug-likeness (QED) is 0.785. The van der Waals surface area contributed by atoms with Crippen LogP contribution in [0.15, 0.2) is 54.6 Å². The van der Waals surface area contributed by atoms with E-state index in [1.165, 1.54) is 6.08 Å². The minimum absolute atomic E-state index is 0.0759. The second-order valence-corrected chi connectivity index (χ2v) is 5.55. The van der Waals surface area contributed by atoms with E-state index in [9.17, 15) is 4.79 Å². The first kappa shape index (κ1) is 17.1. The van der Waals surface area contributed by atoms with Crippen LogP contribution in [0.5, 0.6) is 5.75 Å². The molecule has 0 aromatic heterocycles. The molecule has 0 saturated heterocycles. The molecule has 0 aliphatic carbocycles. The lowest BCUT2D eigenvalue weighted by Gasteiger charge is -2.13. The van der Waals surface area contributed by atoms with Crippen LogP contribution in [0.3, 0.4) is 0 Å². The van der Waals surface area contributed by atoms with Crippen LogP contribution in [0.4, 0.5) is 0 Å². The Balaban J connectivity index is 1.92. The molecule has 1 atom stereocenters. The second kappa shape index (κ2) is 8.39. The molecule has 1 amide bonds. The third-order valence-electron chi connectivity index (χ3n) is 3.35. The Morgan fingerprint density at radius 3 is 2.43 bits per heavy atom. The fraction of sp³-hybridized carbons (Fsp3) is 0.211. The molecular weight excluding hydrogens is 310 g/mol. The number of hydrogen-bond donors (Lipinski definition) is 1. The molecule has 0 radical (unpaired) electrons. The van der Waals surface area contributed by atoms with Crippen molar-refractivity contribution in [3.63, 3.8) is 0 Å². The first-order chi connectivity index (χ1) is 11.1. The van der Waals surface area contributed by atoms with Crippen LogP contribution in [-0.2, 0) is 4.79 Å². The zero-order chi connectivity index (χ0) is 16.7. The van der Waals surface area contributed by atoms with Crippen LogP contribution in [0, 0.1) is 0 Å². The maximum absolute atomic E-state index is 12.0. The number of nitrogens with one attached hydrogen (secondary N) is 1. The number of rotatable bonds is 6. The Bertz CT molecular complexity index is 663. The summed E-state index contributed by atoms with van der Waals surface area (Å²) in [5.74, 6) is 0.693. The number of benzene rings is 2. The highest BCUT2D eigenvalue weighted by Crippen LogP contribution is 2.17. The van der Waals surface area contributed by atoms with Gasteiger partial charge in [-0.3, -0.25) is 4.79 Å². The molecule has 4 heteroatoms. The first-order valence-corrected chi connectivity index (χ1v) is 7.93. The number of carbonyl (C=O) groups excluding carboxylic acids is 1. The Morgan fingerprint density at radius 1 is 1.17 bits per heavy atom. The summed E-state index contributed by atoms with van der Waals surface area (Å²) in [4.78, 5) is 12.0. The number of halogens is 1. The molecule has 0 aliphatic heterocycles. The standard InChI is InChI=1S/C19H20ClNO2/c1-3-23-18-11-7-16(8-12-18)14(2)21-19(22)13-6-15-4-9-17(20)10-5-15/h4-14H,3H2,1-2H3,(H,21,22)/b13-6+/t14-/m1/s1. The summed E-state index contributed by atoms with van der Waals surface area (Å²) in [5.41, 5.74) is 1.96. The van der Waals surface area contributed by atoms with E-state index in [1.807, 2.05) is 50.2 Å². The van der Waals surface area contributed by atoms with E-state index in [0.29, 0.717) is 11.6 Å². The van der Waals surface area contributed by atoms with Crippen LogP contribution in [0.25, 0.3) is 6.08 Å². The summed E-state index contributed by atoms with van der Waals surface area (Å²) in [6, 6.07) is 15.0. The third-order valence-corrected chi connectivity index (χ3v) is 3.60. The van der Waals surface area contributed by atoms with Crippen molar-refractivity contribution in [2.45, 2.75) is 19.9 Å². The largest absolute Gasteiger partial charge is 0.494 e. The first-order valence-electron chi connectivity index (χ1n) is 7.55. The molecule has 1 N–H and O–H groups in total. The van der Waals surface area contributed by atoms with Crippen LogP contribution in [-0.4, -0.2) is 12.5 Å². The van der Waals surface area contributed by atoms with Gasteiger partial charge in [-0.05, 0) is 55.3 Å². The summed E-state index contributed by atoms with van der Waals surface area (Å²) in [6.07, 6.45) is 3.28. The van der Waals surface area contributed by atoms with Gasteiger partial charge in [0.05, 0.1) is 12.6 Å². The summed E-state index contributed by atoms with van der Waals surface area (Å²) >= 11 is 5.83. The van der Waals surface area contributed by atoms with E-state index in [4.69, 9.17) is 16.3 Å². The number of carbonyl (C=O) groups is 1. The molecule has 0 aliphatic rings. The SMILES string of the molecule is CCOc1ccc([C@@H](C)NC(=O)/C=C/c2ccc(Cl)cc2)cc1. The predicted molar refractivity (Wildman–Crippen MR) is 94.7 cm³/mol. The molecule has 0 heterocycles. The van der Waals surface area contributed by atoms with Crippen LogP contribution < -0.4 is 10.1 Å². The van der Waals surface area contributed by atoms with E-state index >= 15 is 0 Å². The van der Waals surface area contributed by atoms with Crippen LogP contribution >= 0.6 is 11.6 Å². The maximum atomic E-state index is 12.0. The highest BCUT2D eigenvalue weighted by atomic mass is 35.5. The van der Waals surface area contributed by atoms with Crippen molar-refractivity contribution in [1.29, 1.82) is 0 Å². The van der Waals surface area contributed by atoms with Gasteiger partial charge in [0.1, 0.15) is 5.75 Å². The van der Waals surface area contributed by atoms with Gasteiger partial charge >= 0.3 is 0 Å². The van der Waals surface area contributed by atoms with Gasteiger partial charge in [-0.2, -0.15) is 0 Å². The van der Waals surface area contributed by atoms with E-state index in [1.54, 1.807) is 18.2 Å². The topological polar surface area (TPSA) is 38.3 Å². The number of hydrogen-bond acceptors (Lipinski definition) is 2. The summed E-state index contributed by atoms with van der Waals surface area (Å²) in [6.45, 7) is 4.54. The monoisotopic (exact) mass is 329 g/mol. The van der Waals surface area contributed by atoms with Gasteiger partial charge in [-0.25, -0.2) is 0 Å². The second-order valence-electron chi connectivity index (χ2n) is 5.12. The molecule has 23 heavy (non-hydrogen) atoms. The molecule has 120 valence electrons. The summed E-state index contributed by atoms with van der Waals surface area (Å²) in [7, 11) is 0. The van der Waals surface area contributed by atoms with Gasteiger partial charge in [0.15, 0.2) is 0 Å². The van der Waals surface area contributed by atoms with Gasteiger partial charge in [-0.15, -0.1) is 0 Å². The van der Waals surface area contributed by atoms with Gasteiger partial charge in [0, 0.05) is 11.1 Å². The summed E-state index contributed by atoms with van der Waals surface area (Å²) in [5, 5.41) is 3.61. The van der Waals surface area contributed by atoms with Gasteiger partial charge < -0.3 is 10.1 Å². The van der Waals surface area contributed by atoms with Crippen LogP contribution in [0.2, 0.25) is 5.02 Å². The van der Waals surface area contributed by atoms with E-state index in [0.717, 1.165) is 16.9 Å². The highest BCUT2D eigenvalue weighted by Gasteiger charge is 2.07. The average molecular weight is 330 g/mol. The van der Waals surface area contributed by atoms with E-state index in [-0.39, 0.29) is 11.9 Å². The van der Waals surface area contributed by atoms with Gasteiger partial charge in [0.25, 0.3) is 0 Å². The smallest absolute Gasteiger partial charge is 0.244 e. The molecular formula is C19H20ClNO2. The van der Waals surface area contributed by atoms with Crippen molar-refractivity contribution >= 4 is 23.6 Å². The molecule has 0 spiro atoms. The zero-order valence-electron chi connectivity index (χ0n) is 13.3. The van der Waals surface area contributed by atoms with Gasteiger partial charge in [0.2, 0.25) is 5.91 Å². The lowest BCUT2D eigenvalue weighted by Crippen LogP contribution is -2.24. The molecule has 0 fully saturated rings. The molecule has 0 saturated carbocycles. The molecule has 0 unspecified atom stereocenters. The average Bonchev–Trinajstić information content (AvgIpc) is 2.55. The predicted octanol–water partition coefficient (Wildman–Crippen LogP) is 4.63. The minimum atomic E-state index is -0.138. The molecule has 2 aromatic carbocycles. The van der Waals surface area contributed by atoms with Crippen molar-refractivity contribution in [1.82, 2.24) is 5.32 Å². The van der Waals surface area contributed by atoms with Crippen LogP contribution in [0.1, 0.15) is 31.0 Å². The van der Waals surface area contributed by atoms with Crippen molar-refractivity contribution in [3.8, 4) is 5.75 Å². The highest BCUT2D eigenvalue weighted by molar-refractivity contribution is 6.30. The maximum Gasteiger partial charge on any atom is 0.244 e. The summed E-state index contributed by atoms with van der Waals surface area (Å²) < 4.78 is 5.41. The Labute approximate surface area is 141 Å². The van der Waals surface area contributed by atoms with Crippen molar-refractivity contribution in [2.24, 2.45) is 0 Å². The van der Waals surface area contributed by atoms with E-state index in [2.05, 4.69) is 5.32 Å². The lowest BCUT2D eigenvalue weighted by atomic mass is 10.1. The minimum Gasteiger partial charge on any atom is -0.494 e. The fourth-order valence-corrected chi connectivity index (χ4v) is 2.24. The van der Waals surface area contributed by atoms with E-state index < -0.39 is 0 Å². The molecule has 0 bridgehead atoms. The van der Waals surface area contributed by atoms with Crippen molar-refractivity contribution in [3.05, 3.63) is 70.8 Å². The lowest BCUT2D eigenvalue weighted by molar-refractivity contribution is -0.117. The number of amides is 1. The third kappa shape index (κ3) is 5.46. The zero-order valence-corrected chi connectivity index (χ0v) is 14.0. The molecule has 2 aromatic rings. The van der Waals surface area contributed by atoms with Crippen molar-refractivity contribution in [2.75, 3.05) is 6.61 Å². The molecule has 2 rings (SSSR count). The molecule has 3 nitrogen and oxygen atoms in total. The Hall–Kier alpha value is -2.26. The Kier molecular flexibility index (Phi) is 6.24. The normalized spacial score (nSPS) is 12.1. The number of ether oxygens (including phenoxy) is 1. The fourth-order valence-electron chi connectivity index (χ4n) is 2.11. The van der Waals surface area contributed by atoms with Gasteiger partial charge in [-0.1, -0.05) is 35.9 Å². The Morgan fingerprint density at radius 2 is 1.83 bits per heavy atom.